The molecule has 0 N–H and O–H groups in total. The zero-order valence-electron chi connectivity index (χ0n) is 18.0. The van der Waals surface area contributed by atoms with E-state index in [-0.39, 0.29) is 11.7 Å². The molecule has 0 aromatic carbocycles. The molecule has 0 aliphatic carbocycles. The molecule has 4 heterocycles. The van der Waals surface area contributed by atoms with Crippen LogP contribution in [-0.4, -0.2) is 58.2 Å². The van der Waals surface area contributed by atoms with Gasteiger partial charge in [0, 0.05) is 49.1 Å². The van der Waals surface area contributed by atoms with E-state index >= 15 is 4.39 Å². The molecule has 4 rings (SSSR count). The lowest BCUT2D eigenvalue weighted by molar-refractivity contribution is -0.127. The molecule has 3 aromatic heterocycles. The number of pyridine rings is 2. The number of nitriles is 1. The number of hydrogen-bond acceptors (Lipinski definition) is 6. The number of nitrogens with zero attached hydrogens (tertiary/aromatic N) is 6. The average molecular weight is 434 g/mol. The van der Waals surface area contributed by atoms with Gasteiger partial charge in [-0.05, 0) is 26.0 Å². The highest BCUT2D eigenvalue weighted by Gasteiger charge is 2.24. The maximum Gasteiger partial charge on any atom is 0.249 e. The highest BCUT2D eigenvalue weighted by atomic mass is 19.1. The smallest absolute Gasteiger partial charge is 0.249 e. The van der Waals surface area contributed by atoms with E-state index in [4.69, 9.17) is 4.74 Å². The fourth-order valence-corrected chi connectivity index (χ4v) is 3.85. The van der Waals surface area contributed by atoms with Crippen molar-refractivity contribution in [1.29, 1.82) is 5.26 Å². The summed E-state index contributed by atoms with van der Waals surface area (Å²) < 4.78 is 22.3. The number of ether oxygens (including phenoxy) is 1. The van der Waals surface area contributed by atoms with Gasteiger partial charge in [0.1, 0.15) is 11.8 Å². The Hall–Kier alpha value is -3.93. The maximum atomic E-state index is 15.1. The van der Waals surface area contributed by atoms with Gasteiger partial charge in [-0.1, -0.05) is 6.58 Å². The molecule has 1 aliphatic heterocycles. The molecular weight excluding hydrogens is 411 g/mol. The van der Waals surface area contributed by atoms with Crippen LogP contribution < -0.4 is 9.64 Å². The fraction of sp³-hybridized carbons (Fsp3) is 0.304. The Kier molecular flexibility index (Phi) is 5.77. The Morgan fingerprint density at radius 1 is 1.28 bits per heavy atom. The van der Waals surface area contributed by atoms with Gasteiger partial charge in [-0.15, -0.1) is 0 Å². The van der Waals surface area contributed by atoms with Crippen molar-refractivity contribution in [3.8, 4) is 22.9 Å². The van der Waals surface area contributed by atoms with Crippen molar-refractivity contribution in [2.45, 2.75) is 13.8 Å². The molecule has 0 spiro atoms. The molecule has 0 bridgehead atoms. The lowest BCUT2D eigenvalue weighted by Crippen LogP contribution is -2.49. The maximum absolute atomic E-state index is 15.1. The molecule has 0 atom stereocenters. The van der Waals surface area contributed by atoms with Crippen LogP contribution in [0.25, 0.3) is 16.6 Å². The van der Waals surface area contributed by atoms with Gasteiger partial charge in [0.05, 0.1) is 30.1 Å². The molecule has 8 nitrogen and oxygen atoms in total. The van der Waals surface area contributed by atoms with Gasteiger partial charge >= 0.3 is 0 Å². The normalized spacial score (nSPS) is 13.8. The number of piperazine rings is 1. The van der Waals surface area contributed by atoms with Gasteiger partial charge in [0.2, 0.25) is 5.91 Å². The summed E-state index contributed by atoms with van der Waals surface area (Å²) in [6.07, 6.45) is 4.74. The molecule has 0 radical (unpaired) electrons. The molecule has 164 valence electrons. The molecule has 0 saturated carbocycles. The van der Waals surface area contributed by atoms with E-state index in [1.165, 1.54) is 12.3 Å². The van der Waals surface area contributed by atoms with Crippen molar-refractivity contribution in [2.24, 2.45) is 0 Å². The molecule has 1 aliphatic rings. The van der Waals surface area contributed by atoms with Crippen molar-refractivity contribution in [1.82, 2.24) is 19.5 Å². The summed E-state index contributed by atoms with van der Waals surface area (Å²) in [5, 5.41) is 13.7. The zero-order valence-corrected chi connectivity index (χ0v) is 18.0. The first kappa shape index (κ1) is 21.3. The molecule has 0 unspecified atom stereocenters. The van der Waals surface area contributed by atoms with Gasteiger partial charge in [-0.3, -0.25) is 4.79 Å². The Morgan fingerprint density at radius 3 is 2.66 bits per heavy atom. The Bertz CT molecular complexity index is 1240. The SMILES string of the molecule is C=C(C)C(=O)N1CCN(c2ncc(-c3cc(OCC)cn4ncc(C#N)c34)cc2F)CC1. The molecule has 3 aromatic rings. The summed E-state index contributed by atoms with van der Waals surface area (Å²) in [6, 6.07) is 5.30. The predicted molar refractivity (Wildman–Crippen MR) is 118 cm³/mol. The first-order chi connectivity index (χ1) is 15.4. The summed E-state index contributed by atoms with van der Waals surface area (Å²) >= 11 is 0. The van der Waals surface area contributed by atoms with E-state index in [2.05, 4.69) is 22.7 Å². The summed E-state index contributed by atoms with van der Waals surface area (Å²) in [7, 11) is 0. The Morgan fingerprint density at radius 2 is 2.03 bits per heavy atom. The lowest BCUT2D eigenvalue weighted by atomic mass is 10.0. The van der Waals surface area contributed by atoms with Gasteiger partial charge in [-0.25, -0.2) is 13.9 Å². The zero-order chi connectivity index (χ0) is 22.8. The second kappa shape index (κ2) is 8.67. The van der Waals surface area contributed by atoms with Crippen molar-refractivity contribution in [3.05, 3.63) is 54.3 Å². The van der Waals surface area contributed by atoms with Crippen LogP contribution in [0.2, 0.25) is 0 Å². The van der Waals surface area contributed by atoms with E-state index in [0.717, 1.165) is 0 Å². The van der Waals surface area contributed by atoms with Crippen molar-refractivity contribution >= 4 is 17.2 Å². The van der Waals surface area contributed by atoms with Crippen LogP contribution in [0.4, 0.5) is 10.2 Å². The summed E-state index contributed by atoms with van der Waals surface area (Å²) in [6.45, 7) is 9.63. The van der Waals surface area contributed by atoms with E-state index in [1.54, 1.807) is 34.8 Å². The number of halogens is 1. The number of fused-ring (bicyclic) bond motifs is 1. The number of carbonyl (C=O) groups excluding carboxylic acids is 1. The van der Waals surface area contributed by atoms with E-state index < -0.39 is 5.82 Å². The number of rotatable bonds is 5. The summed E-state index contributed by atoms with van der Waals surface area (Å²) in [5.41, 5.74) is 2.57. The van der Waals surface area contributed by atoms with E-state index in [9.17, 15) is 10.1 Å². The molecule has 1 saturated heterocycles. The number of amides is 1. The minimum absolute atomic E-state index is 0.0827. The third-order valence-electron chi connectivity index (χ3n) is 5.38. The van der Waals surface area contributed by atoms with Crippen molar-refractivity contribution in [3.63, 3.8) is 0 Å². The van der Waals surface area contributed by atoms with Crippen molar-refractivity contribution < 1.29 is 13.9 Å². The standard InChI is InChI=1S/C23H23FN6O2/c1-4-32-18-10-19(21-17(11-25)13-27-30(21)14-18)16-9-20(24)22(26-12-16)28-5-7-29(8-6-28)23(31)15(2)3/h9-10,12-14H,2,4-8H2,1,3H3. The fourth-order valence-electron chi connectivity index (χ4n) is 3.85. The average Bonchev–Trinajstić information content (AvgIpc) is 3.21. The molecule has 1 amide bonds. The van der Waals surface area contributed by atoms with Gasteiger partial charge in [0.25, 0.3) is 0 Å². The second-order valence-corrected chi connectivity index (χ2v) is 7.57. The van der Waals surface area contributed by atoms with Crippen molar-refractivity contribution in [2.75, 3.05) is 37.7 Å². The minimum atomic E-state index is -0.472. The van der Waals surface area contributed by atoms with Crippen LogP contribution in [0, 0.1) is 17.1 Å². The van der Waals surface area contributed by atoms with E-state index in [1.807, 2.05) is 11.8 Å². The van der Waals surface area contributed by atoms with Gasteiger partial charge in [-0.2, -0.15) is 10.4 Å². The quantitative estimate of drug-likeness (QED) is 0.574. The largest absolute Gasteiger partial charge is 0.492 e. The number of anilines is 1. The monoisotopic (exact) mass is 434 g/mol. The Balaban J connectivity index is 1.65. The second-order valence-electron chi connectivity index (χ2n) is 7.57. The summed E-state index contributed by atoms with van der Waals surface area (Å²) in [5.74, 6) is 0.244. The van der Waals surface area contributed by atoms with E-state index in [0.29, 0.717) is 66.3 Å². The lowest BCUT2D eigenvalue weighted by Gasteiger charge is -2.35. The van der Waals surface area contributed by atoms with Gasteiger partial charge in [0.15, 0.2) is 11.6 Å². The van der Waals surface area contributed by atoms with Crippen LogP contribution in [0.1, 0.15) is 19.4 Å². The predicted octanol–water partition coefficient (Wildman–Crippen LogP) is 3.03. The highest BCUT2D eigenvalue weighted by Crippen LogP contribution is 2.32. The highest BCUT2D eigenvalue weighted by molar-refractivity contribution is 5.92. The van der Waals surface area contributed by atoms with Crippen LogP contribution in [-0.2, 0) is 4.79 Å². The third kappa shape index (κ3) is 3.87. The van der Waals surface area contributed by atoms with Crippen LogP contribution in [0.5, 0.6) is 5.75 Å². The van der Waals surface area contributed by atoms with Crippen LogP contribution in [0.3, 0.4) is 0 Å². The first-order valence-electron chi connectivity index (χ1n) is 10.3. The number of hydrogen-bond donors (Lipinski definition) is 0. The molecular formula is C23H23FN6O2. The molecule has 9 heteroatoms. The Labute approximate surface area is 185 Å². The van der Waals surface area contributed by atoms with Gasteiger partial charge < -0.3 is 14.5 Å². The molecule has 32 heavy (non-hydrogen) atoms. The first-order valence-corrected chi connectivity index (χ1v) is 10.3. The number of aromatic nitrogens is 3. The van der Waals surface area contributed by atoms with Crippen LogP contribution >= 0.6 is 0 Å². The third-order valence-corrected chi connectivity index (χ3v) is 5.38. The number of carbonyl (C=O) groups is 1. The van der Waals surface area contributed by atoms with Crippen LogP contribution in [0.15, 0.2) is 42.9 Å². The summed E-state index contributed by atoms with van der Waals surface area (Å²) in [4.78, 5) is 20.0. The topological polar surface area (TPSA) is 86.8 Å². The minimum Gasteiger partial charge on any atom is -0.492 e. The molecule has 1 fully saturated rings.